The van der Waals surface area contributed by atoms with E-state index in [9.17, 15) is 9.59 Å². The van der Waals surface area contributed by atoms with Crippen molar-refractivity contribution in [1.29, 1.82) is 0 Å². The predicted octanol–water partition coefficient (Wildman–Crippen LogP) is 2.38. The number of aromatic carboxylic acids is 1. The number of carbonyl (C=O) groups excluding carboxylic acids is 1. The van der Waals surface area contributed by atoms with Crippen molar-refractivity contribution in [1.82, 2.24) is 9.88 Å². The van der Waals surface area contributed by atoms with E-state index in [0.29, 0.717) is 25.5 Å². The molecule has 0 fully saturated rings. The number of benzene rings is 1. The van der Waals surface area contributed by atoms with Crippen molar-refractivity contribution in [3.05, 3.63) is 65.0 Å². The molecule has 126 valence electrons. The number of ether oxygens (including phenoxy) is 1. The zero-order chi connectivity index (χ0) is 17.5. The maximum absolute atomic E-state index is 12.3. The van der Waals surface area contributed by atoms with Crippen LogP contribution >= 0.6 is 0 Å². The molecule has 0 unspecified atom stereocenters. The Balaban J connectivity index is 1.85. The first-order valence-electron chi connectivity index (χ1n) is 7.57. The van der Waals surface area contributed by atoms with Gasteiger partial charge < -0.3 is 14.7 Å². The van der Waals surface area contributed by atoms with Crippen LogP contribution in [0.4, 0.5) is 0 Å². The highest BCUT2D eigenvalue weighted by atomic mass is 16.5. The van der Waals surface area contributed by atoms with Gasteiger partial charge in [-0.2, -0.15) is 0 Å². The second-order valence-electron chi connectivity index (χ2n) is 5.40. The number of likely N-dealkylation sites (N-methyl/N-ethyl adjacent to an activating group) is 1. The predicted molar refractivity (Wildman–Crippen MR) is 89.0 cm³/mol. The maximum Gasteiger partial charge on any atom is 0.337 e. The summed E-state index contributed by atoms with van der Waals surface area (Å²) in [5.41, 5.74) is 1.72. The molecule has 0 aliphatic carbocycles. The minimum atomic E-state index is -1.05. The first-order chi connectivity index (χ1) is 11.5. The monoisotopic (exact) mass is 328 g/mol. The molecule has 0 bridgehead atoms. The second-order valence-corrected chi connectivity index (χ2v) is 5.40. The van der Waals surface area contributed by atoms with Crippen LogP contribution in [0.5, 0.6) is 0 Å². The van der Waals surface area contributed by atoms with E-state index in [0.717, 1.165) is 5.56 Å². The molecule has 0 radical (unpaired) electrons. The summed E-state index contributed by atoms with van der Waals surface area (Å²) in [6.45, 7) is 2.90. The Labute approximate surface area is 140 Å². The molecule has 1 heterocycles. The molecule has 1 amide bonds. The van der Waals surface area contributed by atoms with Gasteiger partial charge in [0.25, 0.3) is 5.91 Å². The first kappa shape index (κ1) is 17.6. The topological polar surface area (TPSA) is 79.7 Å². The third-order valence-electron chi connectivity index (χ3n) is 3.56. The highest BCUT2D eigenvalue weighted by Gasteiger charge is 2.16. The molecule has 0 aliphatic rings. The molecule has 2 aromatic rings. The summed E-state index contributed by atoms with van der Waals surface area (Å²) in [6.07, 6.45) is 0. The summed E-state index contributed by atoms with van der Waals surface area (Å²) in [7, 11) is 1.66. The molecule has 1 aromatic carbocycles. The molecule has 0 saturated heterocycles. The largest absolute Gasteiger partial charge is 0.478 e. The van der Waals surface area contributed by atoms with Crippen molar-refractivity contribution in [3.63, 3.8) is 0 Å². The van der Waals surface area contributed by atoms with Gasteiger partial charge in [-0.05, 0) is 24.6 Å². The zero-order valence-corrected chi connectivity index (χ0v) is 13.7. The fourth-order valence-electron chi connectivity index (χ4n) is 2.17. The first-order valence-corrected chi connectivity index (χ1v) is 7.57. The van der Waals surface area contributed by atoms with Gasteiger partial charge in [0.15, 0.2) is 0 Å². The van der Waals surface area contributed by atoms with Crippen LogP contribution in [0.3, 0.4) is 0 Å². The van der Waals surface area contributed by atoms with Crippen LogP contribution in [-0.4, -0.2) is 47.1 Å². The van der Waals surface area contributed by atoms with Crippen LogP contribution in [0.2, 0.25) is 0 Å². The molecule has 6 nitrogen and oxygen atoms in total. The SMILES string of the molecule is Cc1nc(C(=O)N(C)CCOCc2ccccc2)ccc1C(=O)O. The molecule has 0 aliphatic heterocycles. The van der Waals surface area contributed by atoms with Crippen molar-refractivity contribution in [2.24, 2.45) is 0 Å². The number of carbonyl (C=O) groups is 2. The van der Waals surface area contributed by atoms with E-state index < -0.39 is 5.97 Å². The molecule has 24 heavy (non-hydrogen) atoms. The number of aromatic nitrogens is 1. The van der Waals surface area contributed by atoms with Crippen LogP contribution in [0.15, 0.2) is 42.5 Å². The van der Waals surface area contributed by atoms with Crippen molar-refractivity contribution in [2.75, 3.05) is 20.2 Å². The van der Waals surface area contributed by atoms with Gasteiger partial charge in [0.1, 0.15) is 5.69 Å². The fraction of sp³-hybridized carbons (Fsp3) is 0.278. The van der Waals surface area contributed by atoms with E-state index in [2.05, 4.69) is 4.98 Å². The minimum Gasteiger partial charge on any atom is -0.478 e. The minimum absolute atomic E-state index is 0.0976. The third-order valence-corrected chi connectivity index (χ3v) is 3.56. The Morgan fingerprint density at radius 1 is 1.17 bits per heavy atom. The average molecular weight is 328 g/mol. The lowest BCUT2D eigenvalue weighted by atomic mass is 10.2. The Morgan fingerprint density at radius 3 is 2.50 bits per heavy atom. The highest BCUT2D eigenvalue weighted by Crippen LogP contribution is 2.09. The third kappa shape index (κ3) is 4.63. The van der Waals surface area contributed by atoms with E-state index in [1.807, 2.05) is 30.3 Å². The van der Waals surface area contributed by atoms with Crippen molar-refractivity contribution >= 4 is 11.9 Å². The molecule has 2 rings (SSSR count). The van der Waals surface area contributed by atoms with Crippen LogP contribution in [0, 0.1) is 6.92 Å². The summed E-state index contributed by atoms with van der Waals surface area (Å²) < 4.78 is 5.56. The Morgan fingerprint density at radius 2 is 1.88 bits per heavy atom. The van der Waals surface area contributed by atoms with Crippen molar-refractivity contribution in [2.45, 2.75) is 13.5 Å². The highest BCUT2D eigenvalue weighted by molar-refractivity contribution is 5.94. The lowest BCUT2D eigenvalue weighted by molar-refractivity contribution is 0.0661. The number of carboxylic acid groups (broad SMARTS) is 1. The fourth-order valence-corrected chi connectivity index (χ4v) is 2.17. The van der Waals surface area contributed by atoms with Gasteiger partial charge in [-0.15, -0.1) is 0 Å². The van der Waals surface area contributed by atoms with Gasteiger partial charge in [0.2, 0.25) is 0 Å². The number of aryl methyl sites for hydroxylation is 1. The normalized spacial score (nSPS) is 10.4. The molecular formula is C18H20N2O4. The molecule has 0 saturated carbocycles. The number of rotatable bonds is 7. The van der Waals surface area contributed by atoms with Crippen LogP contribution in [-0.2, 0) is 11.3 Å². The smallest absolute Gasteiger partial charge is 0.337 e. The quantitative estimate of drug-likeness (QED) is 0.789. The molecular weight excluding hydrogens is 308 g/mol. The standard InChI is InChI=1S/C18H20N2O4/c1-13-15(18(22)23)8-9-16(19-13)17(21)20(2)10-11-24-12-14-6-4-3-5-7-14/h3-9H,10-12H2,1-2H3,(H,22,23). The molecule has 0 spiro atoms. The average Bonchev–Trinajstić information content (AvgIpc) is 2.58. The van der Waals surface area contributed by atoms with Crippen molar-refractivity contribution < 1.29 is 19.4 Å². The van der Waals surface area contributed by atoms with Gasteiger partial charge in [-0.25, -0.2) is 9.78 Å². The van der Waals surface area contributed by atoms with Gasteiger partial charge >= 0.3 is 5.97 Å². The van der Waals surface area contributed by atoms with E-state index in [4.69, 9.17) is 9.84 Å². The zero-order valence-electron chi connectivity index (χ0n) is 13.7. The molecule has 1 aromatic heterocycles. The van der Waals surface area contributed by atoms with Gasteiger partial charge in [-0.1, -0.05) is 30.3 Å². The Bertz CT molecular complexity index is 716. The number of amides is 1. The second kappa shape index (κ2) is 8.21. The van der Waals surface area contributed by atoms with E-state index in [1.165, 1.54) is 17.0 Å². The molecule has 1 N–H and O–H groups in total. The van der Waals surface area contributed by atoms with Crippen LogP contribution in [0.25, 0.3) is 0 Å². The summed E-state index contributed by atoms with van der Waals surface area (Å²) in [6, 6.07) is 12.6. The maximum atomic E-state index is 12.3. The van der Waals surface area contributed by atoms with E-state index in [-0.39, 0.29) is 17.2 Å². The van der Waals surface area contributed by atoms with E-state index in [1.54, 1.807) is 14.0 Å². The molecule has 0 atom stereocenters. The summed E-state index contributed by atoms with van der Waals surface area (Å²) >= 11 is 0. The van der Waals surface area contributed by atoms with Gasteiger partial charge in [-0.3, -0.25) is 4.79 Å². The lowest BCUT2D eigenvalue weighted by Crippen LogP contribution is -2.31. The van der Waals surface area contributed by atoms with Crippen LogP contribution < -0.4 is 0 Å². The summed E-state index contributed by atoms with van der Waals surface area (Å²) in [5, 5.41) is 8.99. The van der Waals surface area contributed by atoms with E-state index >= 15 is 0 Å². The summed E-state index contributed by atoms with van der Waals surface area (Å²) in [4.78, 5) is 28.9. The molecule has 6 heteroatoms. The lowest BCUT2D eigenvalue weighted by Gasteiger charge is -2.17. The number of hydrogen-bond donors (Lipinski definition) is 1. The number of pyridine rings is 1. The number of hydrogen-bond acceptors (Lipinski definition) is 4. The number of carboxylic acids is 1. The van der Waals surface area contributed by atoms with Gasteiger partial charge in [0, 0.05) is 13.6 Å². The van der Waals surface area contributed by atoms with Crippen LogP contribution in [0.1, 0.15) is 32.1 Å². The Kier molecular flexibility index (Phi) is 6.03. The van der Waals surface area contributed by atoms with Crippen molar-refractivity contribution in [3.8, 4) is 0 Å². The number of nitrogens with zero attached hydrogens (tertiary/aromatic N) is 2. The summed E-state index contributed by atoms with van der Waals surface area (Å²) in [5.74, 6) is -1.32. The van der Waals surface area contributed by atoms with Gasteiger partial charge in [0.05, 0.1) is 24.5 Å². The Hall–Kier alpha value is -2.73.